The van der Waals surface area contributed by atoms with Crippen LogP contribution in [0.1, 0.15) is 48.0 Å². The van der Waals surface area contributed by atoms with Crippen LogP contribution in [-0.2, 0) is 19.1 Å². The molecule has 0 aromatic heterocycles. The summed E-state index contributed by atoms with van der Waals surface area (Å²) >= 11 is 5.32. The van der Waals surface area contributed by atoms with Crippen molar-refractivity contribution in [1.82, 2.24) is 0 Å². The first-order valence-corrected chi connectivity index (χ1v) is 6.55. The number of halogens is 1. The molecule has 19 heavy (non-hydrogen) atoms. The topological polar surface area (TPSA) is 72.8 Å². The molecular formula is C13H25ClO5. The zero-order valence-corrected chi connectivity index (χ0v) is 13.3. The summed E-state index contributed by atoms with van der Waals surface area (Å²) in [5, 5.41) is 8.22. The molecule has 0 saturated carbocycles. The van der Waals surface area contributed by atoms with Gasteiger partial charge in [0.2, 0.25) is 0 Å². The number of hydrogen-bond donors (Lipinski definition) is 1. The number of aliphatic hydroxyl groups is 1. The van der Waals surface area contributed by atoms with Crippen molar-refractivity contribution in [1.29, 1.82) is 0 Å². The van der Waals surface area contributed by atoms with Crippen LogP contribution in [0.3, 0.4) is 0 Å². The number of carbonyl (C=O) groups is 2. The third-order valence-electron chi connectivity index (χ3n) is 1.27. The van der Waals surface area contributed by atoms with Gasteiger partial charge in [-0.05, 0) is 41.5 Å². The second-order valence-electron chi connectivity index (χ2n) is 5.77. The van der Waals surface area contributed by atoms with Gasteiger partial charge in [0.1, 0.15) is 17.8 Å². The fourth-order valence-corrected chi connectivity index (χ4v) is 0.998. The molecule has 0 bridgehead atoms. The van der Waals surface area contributed by atoms with E-state index in [1.165, 1.54) is 0 Å². The van der Waals surface area contributed by atoms with Gasteiger partial charge in [0.05, 0.1) is 6.42 Å². The molecule has 0 atom stereocenters. The molecule has 5 nitrogen and oxygen atoms in total. The van der Waals surface area contributed by atoms with Crippen LogP contribution in [0.2, 0.25) is 0 Å². The molecule has 1 N–H and O–H groups in total. The van der Waals surface area contributed by atoms with Gasteiger partial charge in [-0.3, -0.25) is 4.79 Å². The van der Waals surface area contributed by atoms with E-state index in [9.17, 15) is 9.59 Å². The van der Waals surface area contributed by atoms with Crippen LogP contribution in [-0.4, -0.2) is 40.7 Å². The highest BCUT2D eigenvalue weighted by Gasteiger charge is 2.15. The molecule has 0 radical (unpaired) electrons. The Hall–Kier alpha value is -0.810. The van der Waals surface area contributed by atoms with Gasteiger partial charge < -0.3 is 14.6 Å². The lowest BCUT2D eigenvalue weighted by atomic mass is 10.2. The average Bonchev–Trinajstić information content (AvgIpc) is 2.13. The predicted molar refractivity (Wildman–Crippen MR) is 74.1 cm³/mol. The van der Waals surface area contributed by atoms with Crippen molar-refractivity contribution in [3.8, 4) is 0 Å². The minimum atomic E-state index is -0.581. The normalized spacial score (nSPS) is 11.2. The van der Waals surface area contributed by atoms with Crippen LogP contribution in [0.25, 0.3) is 0 Å². The Morgan fingerprint density at radius 1 is 0.947 bits per heavy atom. The van der Waals surface area contributed by atoms with E-state index in [0.717, 1.165) is 0 Å². The van der Waals surface area contributed by atoms with Gasteiger partial charge in [-0.15, -0.1) is 11.6 Å². The van der Waals surface area contributed by atoms with Crippen molar-refractivity contribution in [2.45, 2.75) is 59.2 Å². The van der Waals surface area contributed by atoms with E-state index in [1.807, 2.05) is 20.8 Å². The molecule has 0 aromatic carbocycles. The summed E-state index contributed by atoms with van der Waals surface area (Å²) in [6.45, 7) is 10.2. The largest absolute Gasteiger partial charge is 0.460 e. The van der Waals surface area contributed by atoms with Crippen LogP contribution >= 0.6 is 11.6 Å². The van der Waals surface area contributed by atoms with Gasteiger partial charge in [-0.25, -0.2) is 4.79 Å². The zero-order valence-electron chi connectivity index (χ0n) is 12.6. The second-order valence-corrected chi connectivity index (χ2v) is 6.15. The first-order chi connectivity index (χ1) is 8.41. The molecule has 0 spiro atoms. The fraction of sp³-hybridized carbons (Fsp3) is 0.846. The molecule has 0 rings (SSSR count). The average molecular weight is 297 g/mol. The van der Waals surface area contributed by atoms with Gasteiger partial charge in [-0.1, -0.05) is 0 Å². The molecule has 0 aliphatic rings. The molecule has 114 valence electrons. The van der Waals surface area contributed by atoms with Gasteiger partial charge in [0.25, 0.3) is 0 Å². The van der Waals surface area contributed by atoms with E-state index in [2.05, 4.69) is 0 Å². The summed E-state index contributed by atoms with van der Waals surface area (Å²) in [6, 6.07) is 0. The van der Waals surface area contributed by atoms with E-state index >= 15 is 0 Å². The summed E-state index contributed by atoms with van der Waals surface area (Å²) in [7, 11) is 0. The maximum atomic E-state index is 10.8. The van der Waals surface area contributed by atoms with Crippen molar-refractivity contribution in [2.24, 2.45) is 0 Å². The summed E-state index contributed by atoms with van der Waals surface area (Å²) < 4.78 is 9.65. The maximum Gasteiger partial charge on any atom is 0.332 e. The van der Waals surface area contributed by atoms with Crippen LogP contribution in [0.15, 0.2) is 0 Å². The predicted octanol–water partition coefficient (Wildman–Crippen LogP) is 2.28. The van der Waals surface area contributed by atoms with Crippen LogP contribution in [0, 0.1) is 0 Å². The molecule has 0 amide bonds. The van der Waals surface area contributed by atoms with Crippen molar-refractivity contribution >= 4 is 23.5 Å². The third kappa shape index (κ3) is 19.7. The molecule has 0 saturated heterocycles. The van der Waals surface area contributed by atoms with Crippen LogP contribution in [0.5, 0.6) is 0 Å². The Balaban J connectivity index is 0. The van der Waals surface area contributed by atoms with Gasteiger partial charge in [0, 0.05) is 5.88 Å². The van der Waals surface area contributed by atoms with Crippen LogP contribution in [0.4, 0.5) is 0 Å². The second kappa shape index (κ2) is 9.15. The van der Waals surface area contributed by atoms with Crippen molar-refractivity contribution in [3.63, 3.8) is 0 Å². The molecule has 6 heteroatoms. The number of rotatable bonds is 3. The Morgan fingerprint density at radius 3 is 1.53 bits per heavy atom. The number of alkyl halides is 1. The first kappa shape index (κ1) is 20.5. The SMILES string of the molecule is CC(C)(C)OC(=O)CCCl.CC(C)(C)OC(=O)CO. The first-order valence-electron chi connectivity index (χ1n) is 6.02. The minimum Gasteiger partial charge on any atom is -0.460 e. The number of hydrogen-bond acceptors (Lipinski definition) is 5. The highest BCUT2D eigenvalue weighted by atomic mass is 35.5. The number of carbonyl (C=O) groups excluding carboxylic acids is 2. The van der Waals surface area contributed by atoms with E-state index in [-0.39, 0.29) is 11.6 Å². The van der Waals surface area contributed by atoms with Gasteiger partial charge in [-0.2, -0.15) is 0 Å². The Labute approximate surface area is 120 Å². The number of ether oxygens (including phenoxy) is 2. The third-order valence-corrected chi connectivity index (χ3v) is 1.46. The monoisotopic (exact) mass is 296 g/mol. The molecule has 0 unspecified atom stereocenters. The molecule has 0 fully saturated rings. The smallest absolute Gasteiger partial charge is 0.332 e. The highest BCUT2D eigenvalue weighted by molar-refractivity contribution is 6.18. The van der Waals surface area contributed by atoms with Gasteiger partial charge in [0.15, 0.2) is 0 Å². The van der Waals surface area contributed by atoms with Crippen molar-refractivity contribution in [2.75, 3.05) is 12.5 Å². The summed E-state index contributed by atoms with van der Waals surface area (Å²) in [5.74, 6) is -0.487. The van der Waals surface area contributed by atoms with E-state index in [4.69, 9.17) is 26.2 Å². The van der Waals surface area contributed by atoms with Crippen molar-refractivity contribution in [3.05, 3.63) is 0 Å². The van der Waals surface area contributed by atoms with E-state index < -0.39 is 18.2 Å². The Bertz CT molecular complexity index is 276. The van der Waals surface area contributed by atoms with Gasteiger partial charge >= 0.3 is 11.9 Å². The lowest BCUT2D eigenvalue weighted by Crippen LogP contribution is -2.25. The standard InChI is InChI=1S/C7H13ClO2.C6H12O3/c1-7(2,3)10-6(9)4-5-8;1-6(2,3)9-5(8)4-7/h4-5H2,1-3H3;7H,4H2,1-3H3. The van der Waals surface area contributed by atoms with E-state index in [1.54, 1.807) is 20.8 Å². The number of esters is 2. The zero-order chi connectivity index (χ0) is 15.7. The lowest BCUT2D eigenvalue weighted by molar-refractivity contribution is -0.158. The molecule has 0 aliphatic heterocycles. The van der Waals surface area contributed by atoms with Crippen molar-refractivity contribution < 1.29 is 24.2 Å². The molecular weight excluding hydrogens is 272 g/mol. The molecule has 0 aromatic rings. The Kier molecular flexibility index (Phi) is 9.88. The minimum absolute atomic E-state index is 0.234. The maximum absolute atomic E-state index is 10.8. The number of aliphatic hydroxyl groups excluding tert-OH is 1. The Morgan fingerprint density at radius 2 is 1.32 bits per heavy atom. The molecule has 0 aliphatic carbocycles. The van der Waals surface area contributed by atoms with Crippen LogP contribution < -0.4 is 0 Å². The summed E-state index contributed by atoms with van der Waals surface area (Å²) in [6.07, 6.45) is 0.291. The highest BCUT2D eigenvalue weighted by Crippen LogP contribution is 2.08. The quantitative estimate of drug-likeness (QED) is 0.639. The lowest BCUT2D eigenvalue weighted by Gasteiger charge is -2.18. The molecule has 0 heterocycles. The summed E-state index contributed by atoms with van der Waals surface area (Å²) in [5.41, 5.74) is -0.872. The summed E-state index contributed by atoms with van der Waals surface area (Å²) in [4.78, 5) is 21.1. The fourth-order valence-electron chi connectivity index (χ4n) is 0.843. The van der Waals surface area contributed by atoms with E-state index in [0.29, 0.717) is 12.3 Å².